The first-order valence-electron chi connectivity index (χ1n) is 10.8. The Hall–Kier alpha value is -4.56. The molecule has 0 aliphatic carbocycles. The standard InChI is InChI=1S/C24H22N8O3/c1-14-7-19(25-3)27-10-17(14)35-20-8-16(21-22(30-20)31(4)13-28-21)29-18-6-5-15(9-26-18)23(33)32-11-24(2,34)12-32/h5-10,13,34H,11-12H2,1-2,4H3,(H,26,29,30). The molecule has 2 N–H and O–H groups in total. The molecule has 11 heteroatoms. The van der Waals surface area contributed by atoms with Crippen LogP contribution in [0.4, 0.5) is 17.3 Å². The van der Waals surface area contributed by atoms with Gasteiger partial charge in [-0.25, -0.2) is 9.97 Å². The lowest BCUT2D eigenvalue weighted by atomic mass is 9.96. The molecule has 0 saturated carbocycles. The number of carbonyl (C=O) groups excluding carboxylic acids is 1. The van der Waals surface area contributed by atoms with Crippen LogP contribution in [-0.4, -0.2) is 59.1 Å². The van der Waals surface area contributed by atoms with Crippen LogP contribution in [0.25, 0.3) is 16.0 Å². The van der Waals surface area contributed by atoms with Crippen LogP contribution in [0.3, 0.4) is 0 Å². The van der Waals surface area contributed by atoms with Gasteiger partial charge in [0.1, 0.15) is 11.3 Å². The van der Waals surface area contributed by atoms with E-state index >= 15 is 0 Å². The molecule has 176 valence electrons. The maximum Gasteiger partial charge on any atom is 0.269 e. The third kappa shape index (κ3) is 4.34. The molecule has 1 saturated heterocycles. The highest BCUT2D eigenvalue weighted by Gasteiger charge is 2.39. The van der Waals surface area contributed by atoms with E-state index in [0.29, 0.717) is 58.8 Å². The SMILES string of the molecule is [C-]#[N+]c1cc(C)c(Oc2cc(Nc3ccc(C(=O)N4CC(C)(O)C4)cn3)c3ncn(C)c3n2)cn1. The number of aliphatic hydroxyl groups is 1. The molecule has 1 aliphatic rings. The fraction of sp³-hybridized carbons (Fsp3) is 0.250. The summed E-state index contributed by atoms with van der Waals surface area (Å²) in [4.78, 5) is 34.9. The number of anilines is 2. The van der Waals surface area contributed by atoms with Crippen LogP contribution in [0.5, 0.6) is 11.6 Å². The largest absolute Gasteiger partial charge is 0.435 e. The molecule has 35 heavy (non-hydrogen) atoms. The lowest BCUT2D eigenvalue weighted by Gasteiger charge is -2.44. The summed E-state index contributed by atoms with van der Waals surface area (Å²) in [7, 11) is 1.83. The van der Waals surface area contributed by atoms with E-state index in [2.05, 4.69) is 30.1 Å². The van der Waals surface area contributed by atoms with Gasteiger partial charge in [0.25, 0.3) is 11.7 Å². The number of fused-ring (bicyclic) bond motifs is 1. The summed E-state index contributed by atoms with van der Waals surface area (Å²) in [5, 5.41) is 13.1. The summed E-state index contributed by atoms with van der Waals surface area (Å²) < 4.78 is 7.76. The summed E-state index contributed by atoms with van der Waals surface area (Å²) in [5.41, 5.74) is 2.23. The molecule has 0 aromatic carbocycles. The second-order valence-electron chi connectivity index (χ2n) is 8.77. The molecule has 0 radical (unpaired) electrons. The summed E-state index contributed by atoms with van der Waals surface area (Å²) in [6.07, 6.45) is 4.65. The van der Waals surface area contributed by atoms with Gasteiger partial charge in [-0.15, -0.1) is 4.98 Å². The van der Waals surface area contributed by atoms with E-state index in [1.54, 1.807) is 47.0 Å². The zero-order valence-electron chi connectivity index (χ0n) is 19.3. The molecule has 0 bridgehead atoms. The van der Waals surface area contributed by atoms with Crippen molar-refractivity contribution in [1.82, 2.24) is 29.4 Å². The number of likely N-dealkylation sites (tertiary alicyclic amines) is 1. The molecule has 5 heterocycles. The Bertz CT molecular complexity index is 1480. The average molecular weight is 470 g/mol. The topological polar surface area (TPSA) is 123 Å². The first kappa shape index (κ1) is 22.2. The smallest absolute Gasteiger partial charge is 0.269 e. The van der Waals surface area contributed by atoms with E-state index < -0.39 is 5.60 Å². The maximum absolute atomic E-state index is 12.5. The van der Waals surface area contributed by atoms with Crippen molar-refractivity contribution >= 4 is 34.4 Å². The van der Waals surface area contributed by atoms with Gasteiger partial charge in [-0.2, -0.15) is 4.98 Å². The van der Waals surface area contributed by atoms with Gasteiger partial charge in [0.15, 0.2) is 17.6 Å². The molecular weight excluding hydrogens is 448 g/mol. The van der Waals surface area contributed by atoms with Gasteiger partial charge in [-0.3, -0.25) is 4.79 Å². The van der Waals surface area contributed by atoms with Crippen molar-refractivity contribution in [3.05, 3.63) is 65.5 Å². The number of aryl methyl sites for hydroxylation is 2. The molecule has 11 nitrogen and oxygen atoms in total. The van der Waals surface area contributed by atoms with Crippen LogP contribution in [-0.2, 0) is 7.05 Å². The average Bonchev–Trinajstić information content (AvgIpc) is 3.19. The molecule has 1 aliphatic heterocycles. The minimum absolute atomic E-state index is 0.171. The Morgan fingerprint density at radius 1 is 1.23 bits per heavy atom. The molecule has 1 fully saturated rings. The fourth-order valence-corrected chi connectivity index (χ4v) is 3.87. The normalized spacial score (nSPS) is 14.3. The van der Waals surface area contributed by atoms with Gasteiger partial charge in [0.2, 0.25) is 5.88 Å². The number of aromatic nitrogens is 5. The number of nitrogens with one attached hydrogen (secondary N) is 1. The van der Waals surface area contributed by atoms with Crippen molar-refractivity contribution in [3.63, 3.8) is 0 Å². The number of nitrogens with zero attached hydrogens (tertiary/aromatic N) is 7. The van der Waals surface area contributed by atoms with E-state index in [-0.39, 0.29) is 5.91 Å². The summed E-state index contributed by atoms with van der Waals surface area (Å²) >= 11 is 0. The van der Waals surface area contributed by atoms with Gasteiger partial charge >= 0.3 is 0 Å². The molecule has 0 spiro atoms. The van der Waals surface area contributed by atoms with Crippen molar-refractivity contribution in [1.29, 1.82) is 0 Å². The van der Waals surface area contributed by atoms with Crippen molar-refractivity contribution in [2.45, 2.75) is 19.4 Å². The third-order valence-corrected chi connectivity index (χ3v) is 5.65. The number of ether oxygens (including phenoxy) is 1. The lowest BCUT2D eigenvalue weighted by Crippen LogP contribution is -2.61. The zero-order valence-corrected chi connectivity index (χ0v) is 19.3. The van der Waals surface area contributed by atoms with Gasteiger partial charge in [-0.05, 0) is 37.6 Å². The van der Waals surface area contributed by atoms with E-state index in [9.17, 15) is 9.90 Å². The summed E-state index contributed by atoms with van der Waals surface area (Å²) in [5.74, 6) is 1.44. The minimum Gasteiger partial charge on any atom is -0.435 e. The van der Waals surface area contributed by atoms with Crippen LogP contribution < -0.4 is 10.1 Å². The Morgan fingerprint density at radius 2 is 2.03 bits per heavy atom. The van der Waals surface area contributed by atoms with Gasteiger partial charge in [-0.1, -0.05) is 6.57 Å². The number of hydrogen-bond donors (Lipinski definition) is 2. The van der Waals surface area contributed by atoms with Crippen LogP contribution in [0.15, 0.2) is 43.0 Å². The molecule has 0 atom stereocenters. The number of rotatable bonds is 5. The predicted molar refractivity (Wildman–Crippen MR) is 128 cm³/mol. The van der Waals surface area contributed by atoms with Crippen LogP contribution in [0.2, 0.25) is 0 Å². The first-order valence-corrected chi connectivity index (χ1v) is 10.8. The highest BCUT2D eigenvalue weighted by Crippen LogP contribution is 2.32. The van der Waals surface area contributed by atoms with Gasteiger partial charge < -0.3 is 29.5 Å². The number of β-amino-alcohol motifs (C(OH)–C–C–N with tert-alkyl or cyclic N) is 1. The number of amides is 1. The summed E-state index contributed by atoms with van der Waals surface area (Å²) in [6, 6.07) is 6.75. The zero-order chi connectivity index (χ0) is 24.7. The first-order chi connectivity index (χ1) is 16.7. The maximum atomic E-state index is 12.5. The molecular formula is C24H22N8O3. The molecule has 1 amide bonds. The fourth-order valence-electron chi connectivity index (χ4n) is 3.87. The Kier molecular flexibility index (Phi) is 5.30. The number of pyridine rings is 3. The van der Waals surface area contributed by atoms with Gasteiger partial charge in [0.05, 0.1) is 36.3 Å². The molecule has 4 aromatic heterocycles. The number of hydrogen-bond acceptors (Lipinski definition) is 8. The van der Waals surface area contributed by atoms with Crippen molar-refractivity contribution in [3.8, 4) is 11.6 Å². The van der Waals surface area contributed by atoms with Gasteiger partial charge in [0, 0.05) is 19.3 Å². The minimum atomic E-state index is -0.826. The van der Waals surface area contributed by atoms with Crippen LogP contribution >= 0.6 is 0 Å². The van der Waals surface area contributed by atoms with E-state index in [1.165, 1.54) is 12.4 Å². The quantitative estimate of drug-likeness (QED) is 0.426. The van der Waals surface area contributed by atoms with E-state index in [4.69, 9.17) is 11.3 Å². The highest BCUT2D eigenvalue weighted by molar-refractivity contribution is 5.95. The van der Waals surface area contributed by atoms with E-state index in [1.807, 2.05) is 14.0 Å². The van der Waals surface area contributed by atoms with Crippen LogP contribution in [0, 0.1) is 13.5 Å². The number of carbonyl (C=O) groups is 1. The lowest BCUT2D eigenvalue weighted by molar-refractivity contribution is -0.0668. The van der Waals surface area contributed by atoms with Crippen molar-refractivity contribution in [2.24, 2.45) is 7.05 Å². The Labute approximate surface area is 200 Å². The molecule has 0 unspecified atom stereocenters. The predicted octanol–water partition coefficient (Wildman–Crippen LogP) is 3.36. The Balaban J connectivity index is 1.40. The van der Waals surface area contributed by atoms with Crippen LogP contribution in [0.1, 0.15) is 22.8 Å². The number of imidazole rings is 1. The van der Waals surface area contributed by atoms with Crippen molar-refractivity contribution in [2.75, 3.05) is 18.4 Å². The highest BCUT2D eigenvalue weighted by atomic mass is 16.5. The van der Waals surface area contributed by atoms with E-state index in [0.717, 1.165) is 5.56 Å². The molecule has 4 aromatic rings. The Morgan fingerprint density at radius 3 is 2.69 bits per heavy atom. The second-order valence-corrected chi connectivity index (χ2v) is 8.77. The van der Waals surface area contributed by atoms with Crippen molar-refractivity contribution < 1.29 is 14.6 Å². The summed E-state index contributed by atoms with van der Waals surface area (Å²) in [6.45, 7) is 11.2. The monoisotopic (exact) mass is 470 g/mol. The third-order valence-electron chi connectivity index (χ3n) is 5.65. The molecule has 5 rings (SSSR count). The second kappa shape index (κ2) is 8.34.